The van der Waals surface area contributed by atoms with Crippen LogP contribution in [-0.4, -0.2) is 44.9 Å². The van der Waals surface area contributed by atoms with Gasteiger partial charge in [0.25, 0.3) is 0 Å². The van der Waals surface area contributed by atoms with Gasteiger partial charge in [-0.15, -0.1) is 0 Å². The lowest BCUT2D eigenvalue weighted by atomic mass is 9.94. The Kier molecular flexibility index (Phi) is 6.74. The fraction of sp³-hybridized carbons (Fsp3) is 0.450. The van der Waals surface area contributed by atoms with Crippen LogP contribution in [0.3, 0.4) is 0 Å². The van der Waals surface area contributed by atoms with Crippen molar-refractivity contribution in [3.05, 3.63) is 48.0 Å². The van der Waals surface area contributed by atoms with Gasteiger partial charge in [-0.1, -0.05) is 42.5 Å². The van der Waals surface area contributed by atoms with Crippen molar-refractivity contribution >= 4 is 16.9 Å². The number of fused-ring (bicyclic) bond motifs is 1. The molecule has 1 aliphatic rings. The van der Waals surface area contributed by atoms with Crippen LogP contribution in [0.25, 0.3) is 10.8 Å². The van der Waals surface area contributed by atoms with Crippen LogP contribution in [0, 0.1) is 0 Å². The summed E-state index contributed by atoms with van der Waals surface area (Å²) in [7, 11) is 0. The number of alkyl halides is 3. The van der Waals surface area contributed by atoms with Crippen LogP contribution in [0.4, 0.5) is 18.0 Å². The minimum absolute atomic E-state index is 0.137. The van der Waals surface area contributed by atoms with Crippen molar-refractivity contribution in [2.24, 2.45) is 0 Å². The van der Waals surface area contributed by atoms with Gasteiger partial charge in [0.15, 0.2) is 12.9 Å². The molecule has 2 aromatic rings. The molecule has 1 aliphatic heterocycles. The van der Waals surface area contributed by atoms with Crippen molar-refractivity contribution in [3.63, 3.8) is 0 Å². The monoisotopic (exact) mass is 397 g/mol. The molecule has 1 saturated heterocycles. The van der Waals surface area contributed by atoms with Crippen LogP contribution in [0.2, 0.25) is 0 Å². The van der Waals surface area contributed by atoms with Crippen LogP contribution in [0.5, 0.6) is 0 Å². The molecular weight excluding hydrogens is 375 g/mol. The van der Waals surface area contributed by atoms with Crippen molar-refractivity contribution in [2.75, 3.05) is 26.4 Å². The van der Waals surface area contributed by atoms with Crippen molar-refractivity contribution in [1.82, 2.24) is 5.32 Å². The molecule has 0 saturated carbocycles. The third-order valence-corrected chi connectivity index (χ3v) is 4.48. The van der Waals surface area contributed by atoms with Crippen LogP contribution in [0.15, 0.2) is 42.5 Å². The van der Waals surface area contributed by atoms with Crippen molar-refractivity contribution in [1.29, 1.82) is 0 Å². The van der Waals surface area contributed by atoms with Gasteiger partial charge in [-0.3, -0.25) is 0 Å². The molecule has 2 aromatic carbocycles. The highest BCUT2D eigenvalue weighted by Crippen LogP contribution is 2.29. The van der Waals surface area contributed by atoms with Gasteiger partial charge in [0.1, 0.15) is 0 Å². The number of benzene rings is 2. The van der Waals surface area contributed by atoms with E-state index in [0.29, 0.717) is 26.1 Å². The number of halogens is 3. The lowest BCUT2D eigenvalue weighted by Gasteiger charge is -2.30. The molecule has 8 heteroatoms. The summed E-state index contributed by atoms with van der Waals surface area (Å²) in [5.74, 6) is 0.137. The number of hydrogen-bond acceptors (Lipinski definition) is 4. The van der Waals surface area contributed by atoms with Gasteiger partial charge < -0.3 is 19.5 Å². The van der Waals surface area contributed by atoms with Crippen LogP contribution < -0.4 is 5.32 Å². The Hall–Kier alpha value is -2.32. The van der Waals surface area contributed by atoms with Crippen molar-refractivity contribution in [2.45, 2.75) is 31.2 Å². The summed E-state index contributed by atoms with van der Waals surface area (Å²) in [6.45, 7) is -0.352. The molecular formula is C20H22F3NO4. The molecule has 0 aliphatic carbocycles. The number of alkyl carbamates (subject to hydrolysis) is 1. The predicted molar refractivity (Wildman–Crippen MR) is 97.0 cm³/mol. The van der Waals surface area contributed by atoms with E-state index in [1.807, 2.05) is 18.2 Å². The molecule has 0 radical (unpaired) electrons. The van der Waals surface area contributed by atoms with Crippen LogP contribution in [0.1, 0.15) is 24.3 Å². The Bertz CT molecular complexity index is 783. The van der Waals surface area contributed by atoms with Gasteiger partial charge in [0.05, 0.1) is 13.2 Å². The number of rotatable bonds is 6. The summed E-state index contributed by atoms with van der Waals surface area (Å²) in [4.78, 5) is 11.2. The second kappa shape index (κ2) is 9.25. The maximum atomic E-state index is 11.9. The highest BCUT2D eigenvalue weighted by Gasteiger charge is 2.29. The summed E-state index contributed by atoms with van der Waals surface area (Å²) < 4.78 is 51.5. The molecule has 1 heterocycles. The molecule has 0 atom stereocenters. The maximum Gasteiger partial charge on any atom is 0.422 e. The third-order valence-electron chi connectivity index (χ3n) is 4.48. The number of hydrogen-bond donors (Lipinski definition) is 1. The summed E-state index contributed by atoms with van der Waals surface area (Å²) in [5, 5.41) is 4.63. The normalized spacial score (nSPS) is 20.1. The average molecular weight is 397 g/mol. The highest BCUT2D eigenvalue weighted by molar-refractivity contribution is 5.86. The largest absolute Gasteiger partial charge is 0.440 e. The number of ether oxygens (including phenoxy) is 3. The Labute approximate surface area is 160 Å². The van der Waals surface area contributed by atoms with Crippen molar-refractivity contribution in [3.8, 4) is 0 Å². The summed E-state index contributed by atoms with van der Waals surface area (Å²) in [5.41, 5.74) is 1.19. The van der Waals surface area contributed by atoms with Gasteiger partial charge in [-0.05, 0) is 22.8 Å². The van der Waals surface area contributed by atoms with E-state index in [4.69, 9.17) is 9.47 Å². The first-order valence-corrected chi connectivity index (χ1v) is 9.10. The third kappa shape index (κ3) is 5.84. The van der Waals surface area contributed by atoms with E-state index in [9.17, 15) is 18.0 Å². The van der Waals surface area contributed by atoms with Crippen LogP contribution >= 0.6 is 0 Å². The molecule has 3 rings (SSSR count). The zero-order chi connectivity index (χ0) is 20.0. The topological polar surface area (TPSA) is 56.8 Å². The molecule has 1 N–H and O–H groups in total. The van der Waals surface area contributed by atoms with E-state index in [-0.39, 0.29) is 18.8 Å². The standard InChI is InChI=1S/C20H22F3NO4/c21-20(22,23)13-28-19(25)24-10-4-9-18-26-11-15(12-27-18)17-8-3-6-14-5-1-2-7-16(14)17/h1-3,5-8,15,18H,4,9-13H2,(H,24,25)/t15-,18-. The highest BCUT2D eigenvalue weighted by atomic mass is 19.4. The lowest BCUT2D eigenvalue weighted by Crippen LogP contribution is -2.33. The van der Waals surface area contributed by atoms with E-state index in [1.54, 1.807) is 0 Å². The lowest BCUT2D eigenvalue weighted by molar-refractivity contribution is -0.189. The molecule has 1 amide bonds. The van der Waals surface area contributed by atoms with E-state index < -0.39 is 18.9 Å². The summed E-state index contributed by atoms with van der Waals surface area (Å²) in [6, 6.07) is 14.3. The minimum atomic E-state index is -4.53. The van der Waals surface area contributed by atoms with E-state index in [0.717, 1.165) is 0 Å². The first-order valence-electron chi connectivity index (χ1n) is 9.10. The quantitative estimate of drug-likeness (QED) is 0.736. The second-order valence-electron chi connectivity index (χ2n) is 6.62. The first kappa shape index (κ1) is 20.4. The zero-order valence-corrected chi connectivity index (χ0v) is 15.2. The van der Waals surface area contributed by atoms with Gasteiger partial charge in [0.2, 0.25) is 0 Å². The minimum Gasteiger partial charge on any atom is -0.440 e. The smallest absolute Gasteiger partial charge is 0.422 e. The molecule has 0 bridgehead atoms. The van der Waals surface area contributed by atoms with Gasteiger partial charge in [-0.2, -0.15) is 13.2 Å². The van der Waals surface area contributed by atoms with E-state index >= 15 is 0 Å². The number of nitrogens with one attached hydrogen (secondary N) is 1. The fourth-order valence-electron chi connectivity index (χ4n) is 3.15. The number of carbonyl (C=O) groups excluding carboxylic acids is 1. The molecule has 152 valence electrons. The Morgan fingerprint density at radius 1 is 1.11 bits per heavy atom. The molecule has 0 aromatic heterocycles. The number of amides is 1. The van der Waals surface area contributed by atoms with E-state index in [1.165, 1.54) is 16.3 Å². The zero-order valence-electron chi connectivity index (χ0n) is 15.2. The summed E-state index contributed by atoms with van der Waals surface area (Å²) >= 11 is 0. The van der Waals surface area contributed by atoms with Gasteiger partial charge in [0, 0.05) is 18.9 Å². The first-order chi connectivity index (χ1) is 13.4. The second-order valence-corrected chi connectivity index (χ2v) is 6.62. The fourth-order valence-corrected chi connectivity index (χ4v) is 3.15. The van der Waals surface area contributed by atoms with Gasteiger partial charge >= 0.3 is 12.3 Å². The van der Waals surface area contributed by atoms with Crippen molar-refractivity contribution < 1.29 is 32.2 Å². The molecule has 5 nitrogen and oxygen atoms in total. The Morgan fingerprint density at radius 2 is 1.82 bits per heavy atom. The molecule has 0 spiro atoms. The predicted octanol–water partition coefficient (Wildman–Crippen LogP) is 4.37. The SMILES string of the molecule is O=C(NCCC[C@H]1OC[C@H](c2cccc3ccccc32)CO1)OCC(F)(F)F. The van der Waals surface area contributed by atoms with Crippen LogP contribution in [-0.2, 0) is 14.2 Å². The van der Waals surface area contributed by atoms with E-state index in [2.05, 4.69) is 34.3 Å². The molecule has 28 heavy (non-hydrogen) atoms. The Morgan fingerprint density at radius 3 is 2.57 bits per heavy atom. The molecule has 0 unspecified atom stereocenters. The Balaban J connectivity index is 1.38. The average Bonchev–Trinajstić information content (AvgIpc) is 2.69. The summed E-state index contributed by atoms with van der Waals surface area (Å²) in [6.07, 6.45) is -4.97. The maximum absolute atomic E-state index is 11.9. The molecule has 1 fully saturated rings. The van der Waals surface area contributed by atoms with Gasteiger partial charge in [-0.25, -0.2) is 4.79 Å². The number of carbonyl (C=O) groups is 1.